The molecule has 0 aromatic heterocycles. The van der Waals surface area contributed by atoms with Crippen LogP contribution in [0, 0.1) is 0 Å². The normalized spacial score (nSPS) is 33.7. The van der Waals surface area contributed by atoms with Gasteiger partial charge in [-0.2, -0.15) is 0 Å². The molecule has 0 saturated carbocycles. The van der Waals surface area contributed by atoms with E-state index in [1.165, 1.54) is 11.8 Å². The predicted molar refractivity (Wildman–Crippen MR) is 36.5 cm³/mol. The Labute approximate surface area is 61.4 Å². The van der Waals surface area contributed by atoms with Gasteiger partial charge in [0.1, 0.15) is 6.29 Å². The second-order valence-corrected chi connectivity index (χ2v) is 2.40. The van der Waals surface area contributed by atoms with Gasteiger partial charge in [0.15, 0.2) is 0 Å². The second-order valence-electron chi connectivity index (χ2n) is 2.40. The van der Waals surface area contributed by atoms with Crippen LogP contribution in [0.25, 0.3) is 0 Å². The average molecular weight is 143 g/mol. The minimum atomic E-state index is -0.352. The number of rotatable bonds is 1. The number of carbonyl (C=O) groups is 2. The highest BCUT2D eigenvalue weighted by molar-refractivity contribution is 5.78. The first-order chi connectivity index (χ1) is 5.15. The lowest BCUT2D eigenvalue weighted by Crippen LogP contribution is -2.34. The Balaban J connectivity index is 2.64. The lowest BCUT2D eigenvalue weighted by molar-refractivity contribution is -0.132. The molecule has 0 aromatic carbocycles. The Bertz CT molecular complexity index is 183. The molecule has 0 aromatic rings. The third-order valence-electron chi connectivity index (χ3n) is 1.70. The lowest BCUT2D eigenvalue weighted by Gasteiger charge is -2.17. The van der Waals surface area contributed by atoms with Crippen molar-refractivity contribution in [2.75, 3.05) is 6.54 Å². The molecule has 1 heterocycles. The van der Waals surface area contributed by atoms with E-state index in [0.717, 1.165) is 6.29 Å². The molecular formula is C7H11NO2. The fourth-order valence-corrected chi connectivity index (χ4v) is 1.14. The molecule has 0 radical (unpaired) electrons. The first-order valence-corrected chi connectivity index (χ1v) is 3.30. The van der Waals surface area contributed by atoms with Crippen LogP contribution >= 0.6 is 0 Å². The summed E-state index contributed by atoms with van der Waals surface area (Å²) in [6.07, 6.45) is 0.952. The third-order valence-corrected chi connectivity index (χ3v) is 1.70. The maximum Gasteiger partial charge on any atom is 0.220 e. The SMILES string of the molecule is [3H]C1C[C@@H](C=O)N(C(C)=O)C1. The molecule has 1 fully saturated rings. The molecule has 1 aliphatic heterocycles. The van der Waals surface area contributed by atoms with Crippen LogP contribution in [0.4, 0.5) is 0 Å². The average Bonchev–Trinajstić information content (AvgIpc) is 2.30. The van der Waals surface area contributed by atoms with Crippen LogP contribution in [-0.4, -0.2) is 29.7 Å². The largest absolute Gasteiger partial charge is 0.333 e. The van der Waals surface area contributed by atoms with Crippen molar-refractivity contribution in [2.24, 2.45) is 0 Å². The molecule has 0 bridgehead atoms. The van der Waals surface area contributed by atoms with Crippen LogP contribution in [0.1, 0.15) is 21.1 Å². The molecule has 1 saturated heterocycles. The number of nitrogens with zero attached hydrogens (tertiary/aromatic N) is 1. The van der Waals surface area contributed by atoms with Gasteiger partial charge in [0.2, 0.25) is 5.91 Å². The van der Waals surface area contributed by atoms with E-state index in [0.29, 0.717) is 13.0 Å². The Morgan fingerprint density at radius 3 is 3.00 bits per heavy atom. The van der Waals surface area contributed by atoms with Crippen molar-refractivity contribution >= 4 is 12.2 Å². The summed E-state index contributed by atoms with van der Waals surface area (Å²) in [5.74, 6) is -0.114. The molecule has 1 amide bonds. The first-order valence-electron chi connectivity index (χ1n) is 3.87. The van der Waals surface area contributed by atoms with Gasteiger partial charge in [0.05, 0.1) is 6.04 Å². The number of hydrogen-bond acceptors (Lipinski definition) is 2. The molecule has 1 aliphatic rings. The van der Waals surface area contributed by atoms with Crippen molar-refractivity contribution in [3.8, 4) is 0 Å². The van der Waals surface area contributed by atoms with Crippen LogP contribution in [0.15, 0.2) is 0 Å². The van der Waals surface area contributed by atoms with Crippen molar-refractivity contribution in [1.29, 1.82) is 0 Å². The van der Waals surface area contributed by atoms with Crippen LogP contribution < -0.4 is 0 Å². The fraction of sp³-hybridized carbons (Fsp3) is 0.714. The van der Waals surface area contributed by atoms with Crippen LogP contribution in [0.3, 0.4) is 0 Å². The van der Waals surface area contributed by atoms with Gasteiger partial charge in [-0.15, -0.1) is 0 Å². The molecule has 0 aliphatic carbocycles. The highest BCUT2D eigenvalue weighted by Crippen LogP contribution is 2.14. The van der Waals surface area contributed by atoms with Crippen molar-refractivity contribution < 1.29 is 11.0 Å². The van der Waals surface area contributed by atoms with Gasteiger partial charge >= 0.3 is 0 Å². The van der Waals surface area contributed by atoms with Gasteiger partial charge < -0.3 is 9.69 Å². The van der Waals surface area contributed by atoms with Crippen molar-refractivity contribution in [3.05, 3.63) is 0 Å². The topological polar surface area (TPSA) is 37.4 Å². The minimum absolute atomic E-state index is 0.114. The van der Waals surface area contributed by atoms with Crippen molar-refractivity contribution in [3.63, 3.8) is 0 Å². The Morgan fingerprint density at radius 2 is 2.60 bits per heavy atom. The van der Waals surface area contributed by atoms with E-state index < -0.39 is 0 Å². The van der Waals surface area contributed by atoms with Crippen molar-refractivity contribution in [1.82, 2.24) is 4.90 Å². The number of likely N-dealkylation sites (tertiary alicyclic amines) is 1. The summed E-state index contributed by atoms with van der Waals surface area (Å²) in [6.45, 7) is 1.83. The summed E-state index contributed by atoms with van der Waals surface area (Å²) in [5.41, 5.74) is 0. The molecule has 1 unspecified atom stereocenters. The molecule has 10 heavy (non-hydrogen) atoms. The van der Waals surface area contributed by atoms with E-state index in [-0.39, 0.29) is 18.3 Å². The molecule has 1 rings (SSSR count). The number of hydrogen-bond donors (Lipinski definition) is 0. The van der Waals surface area contributed by atoms with E-state index in [1.807, 2.05) is 0 Å². The van der Waals surface area contributed by atoms with Gasteiger partial charge in [0.25, 0.3) is 0 Å². The summed E-state index contributed by atoms with van der Waals surface area (Å²) in [5, 5.41) is 0. The summed E-state index contributed by atoms with van der Waals surface area (Å²) >= 11 is 0. The summed E-state index contributed by atoms with van der Waals surface area (Å²) in [6, 6.07) is -0.352. The molecule has 3 nitrogen and oxygen atoms in total. The monoisotopic (exact) mass is 143 g/mol. The van der Waals surface area contributed by atoms with E-state index >= 15 is 0 Å². The van der Waals surface area contributed by atoms with E-state index in [9.17, 15) is 9.59 Å². The van der Waals surface area contributed by atoms with Gasteiger partial charge in [-0.3, -0.25) is 4.79 Å². The molecular weight excluding hydrogens is 130 g/mol. The summed E-state index contributed by atoms with van der Waals surface area (Å²) < 4.78 is 7.34. The predicted octanol–water partition coefficient (Wildman–Crippen LogP) is 0.196. The van der Waals surface area contributed by atoms with E-state index in [4.69, 9.17) is 1.37 Å². The molecule has 56 valence electrons. The third kappa shape index (κ3) is 1.17. The second kappa shape index (κ2) is 2.82. The Hall–Kier alpha value is -0.860. The highest BCUT2D eigenvalue weighted by atomic mass is 16.2. The molecule has 2 atom stereocenters. The molecule has 0 spiro atoms. The molecule has 0 N–H and O–H groups in total. The number of amides is 1. The van der Waals surface area contributed by atoms with Crippen LogP contribution in [0.5, 0.6) is 0 Å². The zero-order valence-electron chi connectivity index (χ0n) is 6.91. The highest BCUT2D eigenvalue weighted by Gasteiger charge is 2.25. The van der Waals surface area contributed by atoms with Crippen LogP contribution in [-0.2, 0) is 9.59 Å². The van der Waals surface area contributed by atoms with Crippen molar-refractivity contribution in [2.45, 2.75) is 25.8 Å². The summed E-state index contributed by atoms with van der Waals surface area (Å²) in [7, 11) is 0. The van der Waals surface area contributed by atoms with Gasteiger partial charge in [-0.25, -0.2) is 0 Å². The van der Waals surface area contributed by atoms with Gasteiger partial charge in [0, 0.05) is 14.8 Å². The maximum atomic E-state index is 10.8. The van der Waals surface area contributed by atoms with Gasteiger partial charge in [-0.1, -0.05) is 0 Å². The Kier molecular flexibility index (Phi) is 1.66. The maximum absolute atomic E-state index is 10.8. The first kappa shape index (κ1) is 5.89. The van der Waals surface area contributed by atoms with Gasteiger partial charge in [-0.05, 0) is 12.8 Å². The Morgan fingerprint density at radius 1 is 1.90 bits per heavy atom. The fourth-order valence-electron chi connectivity index (χ4n) is 1.14. The molecule has 3 heteroatoms. The van der Waals surface area contributed by atoms with E-state index in [1.54, 1.807) is 0 Å². The quantitative estimate of drug-likeness (QED) is 0.491. The van der Waals surface area contributed by atoms with E-state index in [2.05, 4.69) is 0 Å². The smallest absolute Gasteiger partial charge is 0.220 e. The summed E-state index contributed by atoms with van der Waals surface area (Å²) in [4.78, 5) is 22.7. The minimum Gasteiger partial charge on any atom is -0.333 e. The number of carbonyl (C=O) groups excluding carboxylic acids is 2. The standard InChI is InChI=1S/C7H11NO2/c1-6(10)8-4-2-3-7(8)5-9/h5,7H,2-4H2,1H3/t7-/m0/s1/i2T/t2?,7-. The zero-order valence-corrected chi connectivity index (χ0v) is 5.91. The zero-order chi connectivity index (χ0) is 8.43. The number of aldehydes is 1. The van der Waals surface area contributed by atoms with Crippen LogP contribution in [0.2, 0.25) is 0 Å². The lowest BCUT2D eigenvalue weighted by atomic mass is 10.2.